The molecule has 0 atom stereocenters. The molecule has 18 heavy (non-hydrogen) atoms. The van der Waals surface area contributed by atoms with E-state index in [-0.39, 0.29) is 11.3 Å². The molecule has 1 aliphatic heterocycles. The Bertz CT molecular complexity index is 574. The number of hydrogen-bond acceptors (Lipinski definition) is 2. The molecule has 1 aromatic rings. The van der Waals surface area contributed by atoms with Gasteiger partial charge in [0.25, 0.3) is 0 Å². The number of halogens is 3. The van der Waals surface area contributed by atoms with Crippen molar-refractivity contribution in [3.05, 3.63) is 34.9 Å². The normalized spacial score (nSPS) is 17.2. The molecular weight excluding hydrogens is 245 g/mol. The molecule has 0 aliphatic carbocycles. The van der Waals surface area contributed by atoms with Crippen molar-refractivity contribution >= 4 is 11.6 Å². The average Bonchev–Trinajstić information content (AvgIpc) is 2.25. The second-order valence-electron chi connectivity index (χ2n) is 4.60. The molecule has 0 unspecified atom stereocenters. The van der Waals surface area contributed by atoms with Crippen molar-refractivity contribution in [3.8, 4) is 5.75 Å². The molecular formula is C13H11F3O2. The Morgan fingerprint density at radius 3 is 2.39 bits per heavy atom. The van der Waals surface area contributed by atoms with E-state index in [1.165, 1.54) is 26.0 Å². The van der Waals surface area contributed by atoms with Crippen LogP contribution in [-0.2, 0) is 0 Å². The maximum atomic E-state index is 13.9. The van der Waals surface area contributed by atoms with E-state index in [0.29, 0.717) is 0 Å². The van der Waals surface area contributed by atoms with Crippen LogP contribution in [0.25, 0.3) is 5.83 Å². The summed E-state index contributed by atoms with van der Waals surface area (Å²) in [5.41, 5.74) is -2.40. The first kappa shape index (κ1) is 12.7. The zero-order valence-corrected chi connectivity index (χ0v) is 10.1. The van der Waals surface area contributed by atoms with Crippen molar-refractivity contribution in [2.24, 2.45) is 0 Å². The number of rotatable bonds is 1. The van der Waals surface area contributed by atoms with E-state index in [2.05, 4.69) is 0 Å². The second kappa shape index (κ2) is 3.86. The van der Waals surface area contributed by atoms with Crippen molar-refractivity contribution in [2.75, 3.05) is 0 Å². The lowest BCUT2D eigenvalue weighted by atomic mass is 9.97. The van der Waals surface area contributed by atoms with Gasteiger partial charge in [-0.1, -0.05) is 0 Å². The number of fused-ring (bicyclic) bond motifs is 1. The summed E-state index contributed by atoms with van der Waals surface area (Å²) in [5.74, 6) is -4.27. The van der Waals surface area contributed by atoms with Crippen LogP contribution in [0.2, 0.25) is 0 Å². The van der Waals surface area contributed by atoms with Crippen molar-refractivity contribution in [1.82, 2.24) is 0 Å². The fourth-order valence-corrected chi connectivity index (χ4v) is 1.81. The van der Waals surface area contributed by atoms with E-state index in [4.69, 9.17) is 4.74 Å². The minimum absolute atomic E-state index is 0.110. The molecule has 5 heteroatoms. The standard InChI is InChI=1S/C13H11F3O2/c1-6(17)7-4-5-8-9(10(7)14)11(15)12(16)13(2,3)18-8/h4-5H,1-3H3. The largest absolute Gasteiger partial charge is 0.480 e. The van der Waals surface area contributed by atoms with Gasteiger partial charge in [0.05, 0.1) is 11.1 Å². The summed E-state index contributed by atoms with van der Waals surface area (Å²) in [6.45, 7) is 3.82. The molecule has 0 bridgehead atoms. The maximum Gasteiger partial charge on any atom is 0.179 e. The number of carbonyl (C=O) groups is 1. The predicted molar refractivity (Wildman–Crippen MR) is 60.2 cm³/mol. The molecule has 0 saturated carbocycles. The number of ketones is 1. The highest BCUT2D eigenvalue weighted by atomic mass is 19.2. The van der Waals surface area contributed by atoms with E-state index < -0.39 is 34.4 Å². The molecule has 96 valence electrons. The van der Waals surface area contributed by atoms with Crippen molar-refractivity contribution in [3.63, 3.8) is 0 Å². The molecule has 0 saturated heterocycles. The zero-order valence-electron chi connectivity index (χ0n) is 10.1. The summed E-state index contributed by atoms with van der Waals surface area (Å²) in [5, 5.41) is 0. The molecule has 0 aromatic heterocycles. The Morgan fingerprint density at radius 1 is 1.22 bits per heavy atom. The van der Waals surface area contributed by atoms with Crippen LogP contribution in [0.3, 0.4) is 0 Å². The molecule has 1 aliphatic rings. The molecule has 0 amide bonds. The fraction of sp³-hybridized carbons (Fsp3) is 0.308. The van der Waals surface area contributed by atoms with Crippen LogP contribution in [0.15, 0.2) is 18.0 Å². The number of ether oxygens (including phenoxy) is 1. The molecule has 2 rings (SSSR count). The van der Waals surface area contributed by atoms with Crippen molar-refractivity contribution in [2.45, 2.75) is 26.4 Å². The minimum Gasteiger partial charge on any atom is -0.480 e. The summed E-state index contributed by atoms with van der Waals surface area (Å²) in [6, 6.07) is 2.46. The molecule has 0 spiro atoms. The lowest BCUT2D eigenvalue weighted by Crippen LogP contribution is -2.33. The van der Waals surface area contributed by atoms with Gasteiger partial charge in [0, 0.05) is 0 Å². The van der Waals surface area contributed by atoms with E-state index in [9.17, 15) is 18.0 Å². The highest BCUT2D eigenvalue weighted by Gasteiger charge is 2.38. The third-order valence-electron chi connectivity index (χ3n) is 2.79. The minimum atomic E-state index is -1.48. The van der Waals surface area contributed by atoms with Crippen LogP contribution >= 0.6 is 0 Å². The van der Waals surface area contributed by atoms with Gasteiger partial charge in [-0.2, -0.15) is 0 Å². The molecule has 1 aromatic carbocycles. The number of benzene rings is 1. The van der Waals surface area contributed by atoms with Gasteiger partial charge in [0.1, 0.15) is 11.6 Å². The Balaban J connectivity index is 2.74. The number of Topliss-reactive ketones (excluding diaryl/α,β-unsaturated/α-hetero) is 1. The summed E-state index contributed by atoms with van der Waals surface area (Å²) in [4.78, 5) is 11.2. The van der Waals surface area contributed by atoms with Crippen LogP contribution < -0.4 is 4.74 Å². The first-order valence-corrected chi connectivity index (χ1v) is 5.34. The van der Waals surface area contributed by atoms with Crippen LogP contribution in [0.5, 0.6) is 5.75 Å². The molecule has 0 radical (unpaired) electrons. The Labute approximate surface area is 102 Å². The highest BCUT2D eigenvalue weighted by Crippen LogP contribution is 2.43. The lowest BCUT2D eigenvalue weighted by molar-refractivity contribution is 0.101. The van der Waals surface area contributed by atoms with Crippen LogP contribution in [0, 0.1) is 5.82 Å². The summed E-state index contributed by atoms with van der Waals surface area (Å²) < 4.78 is 46.6. The fourth-order valence-electron chi connectivity index (χ4n) is 1.81. The van der Waals surface area contributed by atoms with E-state index in [1.807, 2.05) is 0 Å². The molecule has 2 nitrogen and oxygen atoms in total. The van der Waals surface area contributed by atoms with E-state index in [0.717, 1.165) is 6.92 Å². The van der Waals surface area contributed by atoms with E-state index >= 15 is 0 Å². The van der Waals surface area contributed by atoms with Crippen molar-refractivity contribution < 1.29 is 22.7 Å². The van der Waals surface area contributed by atoms with Crippen LogP contribution in [0.4, 0.5) is 13.2 Å². The SMILES string of the molecule is CC(=O)c1ccc2c(c1F)C(F)=C(F)C(C)(C)O2. The monoisotopic (exact) mass is 256 g/mol. The van der Waals surface area contributed by atoms with Gasteiger partial charge in [-0.05, 0) is 32.9 Å². The van der Waals surface area contributed by atoms with Crippen molar-refractivity contribution in [1.29, 1.82) is 0 Å². The van der Waals surface area contributed by atoms with Gasteiger partial charge >= 0.3 is 0 Å². The third-order valence-corrected chi connectivity index (χ3v) is 2.79. The topological polar surface area (TPSA) is 26.3 Å². The molecule has 1 heterocycles. The highest BCUT2D eigenvalue weighted by molar-refractivity contribution is 5.95. The lowest BCUT2D eigenvalue weighted by Gasteiger charge is -2.30. The second-order valence-corrected chi connectivity index (χ2v) is 4.60. The van der Waals surface area contributed by atoms with E-state index in [1.54, 1.807) is 0 Å². The van der Waals surface area contributed by atoms with Gasteiger partial charge in [-0.25, -0.2) is 13.2 Å². The first-order chi connectivity index (χ1) is 8.25. The van der Waals surface area contributed by atoms with Crippen LogP contribution in [0.1, 0.15) is 36.7 Å². The summed E-state index contributed by atoms with van der Waals surface area (Å²) in [7, 11) is 0. The Hall–Kier alpha value is -1.78. The van der Waals surface area contributed by atoms with Gasteiger partial charge in [0.15, 0.2) is 23.0 Å². The summed E-state index contributed by atoms with van der Waals surface area (Å²) >= 11 is 0. The Morgan fingerprint density at radius 2 is 1.83 bits per heavy atom. The van der Waals surface area contributed by atoms with Gasteiger partial charge < -0.3 is 4.74 Å². The summed E-state index contributed by atoms with van der Waals surface area (Å²) in [6.07, 6.45) is 0. The quantitative estimate of drug-likeness (QED) is 0.714. The van der Waals surface area contributed by atoms with Gasteiger partial charge in [-0.3, -0.25) is 4.79 Å². The molecule has 0 N–H and O–H groups in total. The number of carbonyl (C=O) groups excluding carboxylic acids is 1. The average molecular weight is 256 g/mol. The van der Waals surface area contributed by atoms with Gasteiger partial charge in [-0.15, -0.1) is 0 Å². The smallest absolute Gasteiger partial charge is 0.179 e. The Kier molecular flexibility index (Phi) is 2.72. The van der Waals surface area contributed by atoms with Gasteiger partial charge in [0.2, 0.25) is 0 Å². The first-order valence-electron chi connectivity index (χ1n) is 5.34. The molecule has 0 fully saturated rings. The third kappa shape index (κ3) is 1.70. The van der Waals surface area contributed by atoms with Crippen LogP contribution in [-0.4, -0.2) is 11.4 Å². The number of hydrogen-bond donors (Lipinski definition) is 0. The zero-order chi connectivity index (χ0) is 13.7. The maximum absolute atomic E-state index is 13.9. The predicted octanol–water partition coefficient (Wildman–Crippen LogP) is 3.81.